The van der Waals surface area contributed by atoms with Crippen LogP contribution in [0, 0.1) is 0 Å². The van der Waals surface area contributed by atoms with E-state index in [0.717, 1.165) is 37.4 Å². The Labute approximate surface area is 181 Å². The zero-order chi connectivity index (χ0) is 20.6. The second kappa shape index (κ2) is 10.4. The van der Waals surface area contributed by atoms with Gasteiger partial charge in [-0.2, -0.15) is 0 Å². The molecule has 2 aromatic carbocycles. The van der Waals surface area contributed by atoms with E-state index in [4.69, 9.17) is 9.47 Å². The van der Waals surface area contributed by atoms with E-state index in [-0.39, 0.29) is 18.6 Å². The minimum Gasteiger partial charge on any atom is -0.483 e. The topological polar surface area (TPSA) is 50.8 Å². The van der Waals surface area contributed by atoms with Crippen molar-refractivity contribution in [2.45, 2.75) is 6.04 Å². The van der Waals surface area contributed by atoms with Gasteiger partial charge in [-0.15, -0.1) is 11.3 Å². The van der Waals surface area contributed by atoms with Crippen molar-refractivity contribution in [3.05, 3.63) is 77.0 Å². The lowest BCUT2D eigenvalue weighted by atomic mass is 10.1. The van der Waals surface area contributed by atoms with Crippen LogP contribution in [-0.4, -0.2) is 50.3 Å². The van der Waals surface area contributed by atoms with Crippen LogP contribution in [0.1, 0.15) is 10.9 Å². The van der Waals surface area contributed by atoms with Crippen LogP contribution >= 0.6 is 11.3 Å². The molecule has 1 amide bonds. The number of carbonyl (C=O) groups excluding carboxylic acids is 1. The molecule has 1 aromatic heterocycles. The highest BCUT2D eigenvalue weighted by Crippen LogP contribution is 2.29. The lowest BCUT2D eigenvalue weighted by Gasteiger charge is -2.34. The van der Waals surface area contributed by atoms with Crippen molar-refractivity contribution >= 4 is 17.2 Å². The number of carbonyl (C=O) groups is 1. The van der Waals surface area contributed by atoms with Crippen LogP contribution in [0.5, 0.6) is 5.75 Å². The third kappa shape index (κ3) is 5.27. The van der Waals surface area contributed by atoms with Crippen molar-refractivity contribution in [1.82, 2.24) is 10.2 Å². The van der Waals surface area contributed by atoms with Crippen LogP contribution in [0.4, 0.5) is 0 Å². The second-order valence-electron chi connectivity index (χ2n) is 7.13. The van der Waals surface area contributed by atoms with E-state index in [2.05, 4.69) is 27.7 Å². The summed E-state index contributed by atoms with van der Waals surface area (Å²) in [7, 11) is 0. The Morgan fingerprint density at radius 3 is 2.57 bits per heavy atom. The first kappa shape index (κ1) is 20.6. The van der Waals surface area contributed by atoms with Crippen LogP contribution in [-0.2, 0) is 9.53 Å². The molecule has 3 aromatic rings. The lowest BCUT2D eigenvalue weighted by Crippen LogP contribution is -2.44. The number of nitrogens with zero attached hydrogens (tertiary/aromatic N) is 1. The monoisotopic (exact) mass is 422 g/mol. The molecule has 1 aliphatic rings. The van der Waals surface area contributed by atoms with Crippen molar-refractivity contribution < 1.29 is 14.3 Å². The summed E-state index contributed by atoms with van der Waals surface area (Å²) in [5.41, 5.74) is 2.05. The third-order valence-electron chi connectivity index (χ3n) is 5.18. The number of amides is 1. The highest BCUT2D eigenvalue weighted by molar-refractivity contribution is 7.10. The van der Waals surface area contributed by atoms with Crippen molar-refractivity contribution in [1.29, 1.82) is 0 Å². The molecule has 1 atom stereocenters. The maximum absolute atomic E-state index is 12.5. The van der Waals surface area contributed by atoms with Gasteiger partial charge in [-0.25, -0.2) is 0 Å². The average Bonchev–Trinajstić information content (AvgIpc) is 3.34. The van der Waals surface area contributed by atoms with E-state index < -0.39 is 0 Å². The van der Waals surface area contributed by atoms with Gasteiger partial charge < -0.3 is 14.8 Å². The summed E-state index contributed by atoms with van der Waals surface area (Å²) in [6, 6.07) is 22.2. The third-order valence-corrected chi connectivity index (χ3v) is 6.15. The number of nitrogens with one attached hydrogen (secondary N) is 1. The molecule has 0 aliphatic carbocycles. The number of hydrogen-bond donors (Lipinski definition) is 1. The molecule has 0 unspecified atom stereocenters. The van der Waals surface area contributed by atoms with Gasteiger partial charge in [0.25, 0.3) is 5.91 Å². The van der Waals surface area contributed by atoms with Gasteiger partial charge in [0.1, 0.15) is 5.75 Å². The molecule has 4 rings (SSSR count). The SMILES string of the molecule is O=C(COc1ccccc1-c1ccccc1)NC[C@H](c1cccs1)N1CCOCC1. The molecule has 0 spiro atoms. The Bertz CT molecular complexity index is 925. The first-order valence-electron chi connectivity index (χ1n) is 10.2. The lowest BCUT2D eigenvalue weighted by molar-refractivity contribution is -0.123. The fourth-order valence-corrected chi connectivity index (χ4v) is 4.49. The Kier molecular flexibility index (Phi) is 7.13. The highest BCUT2D eigenvalue weighted by Gasteiger charge is 2.24. The quantitative estimate of drug-likeness (QED) is 0.597. The molecule has 1 saturated heterocycles. The zero-order valence-electron chi connectivity index (χ0n) is 16.8. The molecule has 1 fully saturated rings. The fourth-order valence-electron chi connectivity index (χ4n) is 3.63. The van der Waals surface area contributed by atoms with Gasteiger partial charge in [-0.1, -0.05) is 54.6 Å². The van der Waals surface area contributed by atoms with Gasteiger partial charge in [0, 0.05) is 30.1 Å². The summed E-state index contributed by atoms with van der Waals surface area (Å²) in [4.78, 5) is 16.2. The van der Waals surface area contributed by atoms with Crippen LogP contribution in [0.2, 0.25) is 0 Å². The van der Waals surface area contributed by atoms with E-state index in [1.54, 1.807) is 11.3 Å². The van der Waals surface area contributed by atoms with Gasteiger partial charge in [0.05, 0.1) is 19.3 Å². The molecule has 2 heterocycles. The minimum atomic E-state index is -0.118. The first-order chi connectivity index (χ1) is 14.8. The molecular weight excluding hydrogens is 396 g/mol. The largest absolute Gasteiger partial charge is 0.483 e. The Morgan fingerprint density at radius 1 is 1.03 bits per heavy atom. The van der Waals surface area contributed by atoms with Gasteiger partial charge in [-0.3, -0.25) is 9.69 Å². The Balaban J connectivity index is 1.36. The van der Waals surface area contributed by atoms with Crippen LogP contribution < -0.4 is 10.1 Å². The predicted molar refractivity (Wildman–Crippen MR) is 120 cm³/mol. The number of hydrogen-bond acceptors (Lipinski definition) is 5. The van der Waals surface area contributed by atoms with Crippen LogP contribution in [0.15, 0.2) is 72.1 Å². The zero-order valence-corrected chi connectivity index (χ0v) is 17.6. The summed E-state index contributed by atoms with van der Waals surface area (Å²) < 4.78 is 11.4. The Hall–Kier alpha value is -2.67. The number of rotatable bonds is 8. The molecule has 0 bridgehead atoms. The summed E-state index contributed by atoms with van der Waals surface area (Å²) in [5, 5.41) is 5.14. The van der Waals surface area contributed by atoms with E-state index in [9.17, 15) is 4.79 Å². The van der Waals surface area contributed by atoms with Gasteiger partial charge >= 0.3 is 0 Å². The molecule has 1 aliphatic heterocycles. The van der Waals surface area contributed by atoms with E-state index in [1.807, 2.05) is 54.6 Å². The first-order valence-corrected chi connectivity index (χ1v) is 11.1. The number of ether oxygens (including phenoxy) is 2. The fraction of sp³-hybridized carbons (Fsp3) is 0.292. The molecule has 1 N–H and O–H groups in total. The minimum absolute atomic E-state index is 0.00980. The molecule has 5 nitrogen and oxygen atoms in total. The number of thiophene rings is 1. The molecular formula is C24H26N2O3S. The van der Waals surface area contributed by atoms with Crippen molar-refractivity contribution in [3.8, 4) is 16.9 Å². The van der Waals surface area contributed by atoms with Crippen LogP contribution in [0.3, 0.4) is 0 Å². The molecule has 30 heavy (non-hydrogen) atoms. The molecule has 0 radical (unpaired) electrons. The number of morpholine rings is 1. The molecule has 6 heteroatoms. The maximum atomic E-state index is 12.5. The summed E-state index contributed by atoms with van der Waals surface area (Å²) in [5.74, 6) is 0.592. The van der Waals surface area contributed by atoms with E-state index in [1.165, 1.54) is 4.88 Å². The second-order valence-corrected chi connectivity index (χ2v) is 8.11. The standard InChI is InChI=1S/C24H26N2O3S/c27-24(18-29-22-10-5-4-9-20(22)19-7-2-1-3-8-19)25-17-21(23-11-6-16-30-23)26-12-14-28-15-13-26/h1-11,16,21H,12-15,17-18H2,(H,25,27)/t21-/m1/s1. The number of benzene rings is 2. The van der Waals surface area contributed by atoms with Crippen molar-refractivity contribution in [2.24, 2.45) is 0 Å². The van der Waals surface area contributed by atoms with Gasteiger partial charge in [0.2, 0.25) is 0 Å². The molecule has 156 valence electrons. The Morgan fingerprint density at radius 2 is 1.80 bits per heavy atom. The molecule has 0 saturated carbocycles. The van der Waals surface area contributed by atoms with Gasteiger partial charge in [-0.05, 0) is 23.1 Å². The predicted octanol–water partition coefficient (Wildman–Crippen LogP) is 3.98. The summed E-state index contributed by atoms with van der Waals surface area (Å²) in [6.45, 7) is 3.76. The summed E-state index contributed by atoms with van der Waals surface area (Å²) >= 11 is 1.72. The average molecular weight is 423 g/mol. The van der Waals surface area contributed by atoms with Crippen molar-refractivity contribution in [2.75, 3.05) is 39.5 Å². The van der Waals surface area contributed by atoms with E-state index >= 15 is 0 Å². The van der Waals surface area contributed by atoms with Crippen molar-refractivity contribution in [3.63, 3.8) is 0 Å². The number of para-hydroxylation sites is 1. The summed E-state index contributed by atoms with van der Waals surface area (Å²) in [6.07, 6.45) is 0. The maximum Gasteiger partial charge on any atom is 0.258 e. The van der Waals surface area contributed by atoms with E-state index in [0.29, 0.717) is 12.3 Å². The highest BCUT2D eigenvalue weighted by atomic mass is 32.1. The van der Waals surface area contributed by atoms with Gasteiger partial charge in [0.15, 0.2) is 6.61 Å². The smallest absolute Gasteiger partial charge is 0.258 e. The normalized spacial score (nSPS) is 15.5. The van der Waals surface area contributed by atoms with Crippen LogP contribution in [0.25, 0.3) is 11.1 Å².